The van der Waals surface area contributed by atoms with Crippen LogP contribution in [0.4, 0.5) is 0 Å². The largest absolute Gasteiger partial charge is 0.366 e. The van der Waals surface area contributed by atoms with Gasteiger partial charge in [0.2, 0.25) is 5.91 Å². The Balaban J connectivity index is 2.26. The van der Waals surface area contributed by atoms with Gasteiger partial charge in [-0.2, -0.15) is 0 Å². The number of carbonyl (C=O) groups is 1. The van der Waals surface area contributed by atoms with Crippen LogP contribution in [0.3, 0.4) is 0 Å². The molecule has 2 aromatic rings. The lowest BCUT2D eigenvalue weighted by Crippen LogP contribution is -2.47. The van der Waals surface area contributed by atoms with E-state index < -0.39 is 0 Å². The first-order valence-corrected chi connectivity index (χ1v) is 9.51. The van der Waals surface area contributed by atoms with E-state index in [2.05, 4.69) is 68.4 Å². The molecule has 26 heavy (non-hydrogen) atoms. The summed E-state index contributed by atoms with van der Waals surface area (Å²) in [6.07, 6.45) is 4.82. The summed E-state index contributed by atoms with van der Waals surface area (Å²) in [7, 11) is 4.39. The maximum atomic E-state index is 12.1. The van der Waals surface area contributed by atoms with Crippen LogP contribution >= 0.6 is 0 Å². The standard InChI is InChI=1S/C23H30N2O/c1-16-12-13-19(17(2)20(16)22(24)26)21(18-10-6-5-7-11-18)23(25(3)4)14-8-9-15-23/h5-7,10-13,21H,8-9,14-15H2,1-4H3,(H2,24,26). The number of likely N-dealkylation sites (N-methyl/N-ethyl adjacent to an activating group) is 1. The van der Waals surface area contributed by atoms with Crippen molar-refractivity contribution in [1.82, 2.24) is 4.90 Å². The molecule has 1 atom stereocenters. The molecule has 0 bridgehead atoms. The second-order valence-electron chi connectivity index (χ2n) is 7.88. The van der Waals surface area contributed by atoms with Crippen molar-refractivity contribution in [3.05, 3.63) is 70.3 Å². The third kappa shape index (κ3) is 3.05. The van der Waals surface area contributed by atoms with E-state index in [1.54, 1.807) is 0 Å². The van der Waals surface area contributed by atoms with Gasteiger partial charge in [0.1, 0.15) is 0 Å². The normalized spacial score (nSPS) is 17.4. The molecule has 0 radical (unpaired) electrons. The van der Waals surface area contributed by atoms with Gasteiger partial charge < -0.3 is 10.6 Å². The van der Waals surface area contributed by atoms with Crippen molar-refractivity contribution in [2.75, 3.05) is 14.1 Å². The number of aryl methyl sites for hydroxylation is 1. The SMILES string of the molecule is Cc1ccc(C(c2ccccc2)C2(N(C)C)CCCC2)c(C)c1C(N)=O. The fourth-order valence-electron chi connectivity index (χ4n) is 4.96. The number of carbonyl (C=O) groups excluding carboxylic acids is 1. The Morgan fingerprint density at radius 1 is 1.04 bits per heavy atom. The number of benzene rings is 2. The minimum absolute atomic E-state index is 0.0658. The Morgan fingerprint density at radius 3 is 2.19 bits per heavy atom. The molecule has 3 heteroatoms. The molecule has 138 valence electrons. The van der Waals surface area contributed by atoms with Crippen LogP contribution in [-0.4, -0.2) is 30.4 Å². The van der Waals surface area contributed by atoms with Crippen molar-refractivity contribution in [3.8, 4) is 0 Å². The zero-order chi connectivity index (χ0) is 18.9. The van der Waals surface area contributed by atoms with Gasteiger partial charge in [-0.25, -0.2) is 0 Å². The van der Waals surface area contributed by atoms with Gasteiger partial charge in [0.05, 0.1) is 0 Å². The lowest BCUT2D eigenvalue weighted by Gasteiger charge is -2.44. The first-order valence-electron chi connectivity index (χ1n) is 9.51. The van der Waals surface area contributed by atoms with Gasteiger partial charge in [-0.3, -0.25) is 4.79 Å². The third-order valence-electron chi connectivity index (χ3n) is 6.30. The Bertz CT molecular complexity index is 789. The van der Waals surface area contributed by atoms with E-state index in [1.165, 1.54) is 36.8 Å². The van der Waals surface area contributed by atoms with Crippen LogP contribution in [0.5, 0.6) is 0 Å². The lowest BCUT2D eigenvalue weighted by atomic mass is 9.71. The van der Waals surface area contributed by atoms with Crippen LogP contribution in [0.2, 0.25) is 0 Å². The molecule has 1 fully saturated rings. The average molecular weight is 351 g/mol. The molecule has 0 aliphatic heterocycles. The summed E-state index contributed by atoms with van der Waals surface area (Å²) in [6, 6.07) is 15.0. The second-order valence-corrected chi connectivity index (χ2v) is 7.88. The van der Waals surface area contributed by atoms with E-state index >= 15 is 0 Å². The van der Waals surface area contributed by atoms with Gasteiger partial charge in [-0.1, -0.05) is 55.3 Å². The van der Waals surface area contributed by atoms with Crippen LogP contribution in [0, 0.1) is 13.8 Å². The second kappa shape index (κ2) is 7.24. The van der Waals surface area contributed by atoms with E-state index in [9.17, 15) is 4.79 Å². The van der Waals surface area contributed by atoms with Crippen LogP contribution in [0.15, 0.2) is 42.5 Å². The molecule has 1 saturated carbocycles. The summed E-state index contributed by atoms with van der Waals surface area (Å²) in [5, 5.41) is 0. The summed E-state index contributed by atoms with van der Waals surface area (Å²) in [5.41, 5.74) is 11.0. The van der Waals surface area contributed by atoms with Gasteiger partial charge in [0, 0.05) is 17.0 Å². The zero-order valence-corrected chi connectivity index (χ0v) is 16.4. The third-order valence-corrected chi connectivity index (χ3v) is 6.30. The quantitative estimate of drug-likeness (QED) is 0.868. The number of hydrogen-bond acceptors (Lipinski definition) is 2. The highest BCUT2D eigenvalue weighted by Gasteiger charge is 2.45. The summed E-state index contributed by atoms with van der Waals surface area (Å²) in [6.45, 7) is 4.02. The fourth-order valence-corrected chi connectivity index (χ4v) is 4.96. The summed E-state index contributed by atoms with van der Waals surface area (Å²) in [4.78, 5) is 14.5. The van der Waals surface area contributed by atoms with Gasteiger partial charge in [0.15, 0.2) is 0 Å². The number of nitrogens with two attached hydrogens (primary N) is 1. The summed E-state index contributed by atoms with van der Waals surface area (Å²) < 4.78 is 0. The van der Waals surface area contributed by atoms with Crippen molar-refractivity contribution in [2.24, 2.45) is 5.73 Å². The highest BCUT2D eigenvalue weighted by atomic mass is 16.1. The molecular weight excluding hydrogens is 320 g/mol. The molecule has 1 aliphatic rings. The topological polar surface area (TPSA) is 46.3 Å². The van der Waals surface area contributed by atoms with Gasteiger partial charge in [-0.05, 0) is 63.0 Å². The highest BCUT2D eigenvalue weighted by molar-refractivity contribution is 5.96. The molecule has 0 saturated heterocycles. The number of amides is 1. The Hall–Kier alpha value is -2.13. The number of rotatable bonds is 5. The fraction of sp³-hybridized carbons (Fsp3) is 0.435. The van der Waals surface area contributed by atoms with Crippen LogP contribution in [-0.2, 0) is 0 Å². The highest BCUT2D eigenvalue weighted by Crippen LogP contribution is 2.49. The lowest BCUT2D eigenvalue weighted by molar-refractivity contribution is 0.0998. The van der Waals surface area contributed by atoms with Crippen LogP contribution in [0.25, 0.3) is 0 Å². The zero-order valence-electron chi connectivity index (χ0n) is 16.4. The first kappa shape index (κ1) is 18.7. The minimum atomic E-state index is -0.334. The van der Waals surface area contributed by atoms with Gasteiger partial charge in [0.25, 0.3) is 0 Å². The molecule has 2 N–H and O–H groups in total. The Labute approximate surface area is 157 Å². The molecule has 2 aromatic carbocycles. The van der Waals surface area contributed by atoms with Crippen LogP contribution < -0.4 is 5.73 Å². The maximum Gasteiger partial charge on any atom is 0.249 e. The molecule has 0 spiro atoms. The van der Waals surface area contributed by atoms with Gasteiger partial charge in [-0.15, -0.1) is 0 Å². The number of hydrogen-bond donors (Lipinski definition) is 1. The van der Waals surface area contributed by atoms with Crippen molar-refractivity contribution < 1.29 is 4.79 Å². The smallest absolute Gasteiger partial charge is 0.249 e. The molecule has 0 aromatic heterocycles. The molecule has 1 aliphatic carbocycles. The maximum absolute atomic E-state index is 12.1. The van der Waals surface area contributed by atoms with Crippen LogP contribution in [0.1, 0.15) is 64.2 Å². The summed E-state index contributed by atoms with van der Waals surface area (Å²) in [5.74, 6) is -0.112. The molecular formula is C23H30N2O. The van der Waals surface area contributed by atoms with Crippen molar-refractivity contribution in [3.63, 3.8) is 0 Å². The van der Waals surface area contributed by atoms with E-state index in [1.807, 2.05) is 6.92 Å². The van der Waals surface area contributed by atoms with Crippen molar-refractivity contribution in [1.29, 1.82) is 0 Å². The van der Waals surface area contributed by atoms with Crippen molar-refractivity contribution >= 4 is 5.91 Å². The predicted molar refractivity (Wildman–Crippen MR) is 108 cm³/mol. The Kier molecular flexibility index (Phi) is 5.19. The molecule has 1 amide bonds. The van der Waals surface area contributed by atoms with E-state index in [4.69, 9.17) is 5.73 Å². The number of primary amides is 1. The first-order chi connectivity index (χ1) is 12.4. The predicted octanol–water partition coefficient (Wildman–Crippen LogP) is 4.41. The molecule has 0 heterocycles. The minimum Gasteiger partial charge on any atom is -0.366 e. The van der Waals surface area contributed by atoms with Gasteiger partial charge >= 0.3 is 0 Å². The summed E-state index contributed by atoms with van der Waals surface area (Å²) >= 11 is 0. The molecule has 3 nitrogen and oxygen atoms in total. The van der Waals surface area contributed by atoms with E-state index in [0.717, 1.165) is 11.1 Å². The van der Waals surface area contributed by atoms with E-state index in [0.29, 0.717) is 5.56 Å². The Morgan fingerprint density at radius 2 is 1.65 bits per heavy atom. The van der Waals surface area contributed by atoms with Crippen molar-refractivity contribution in [2.45, 2.75) is 51.0 Å². The molecule has 1 unspecified atom stereocenters. The molecule has 3 rings (SSSR count). The van der Waals surface area contributed by atoms with E-state index in [-0.39, 0.29) is 17.4 Å². The monoisotopic (exact) mass is 350 g/mol. The average Bonchev–Trinajstić information content (AvgIpc) is 3.09. The number of nitrogens with zero attached hydrogens (tertiary/aromatic N) is 1.